The lowest BCUT2D eigenvalue weighted by molar-refractivity contribution is 0.114. The second-order valence-electron chi connectivity index (χ2n) is 4.52. The van der Waals surface area contributed by atoms with Crippen molar-refractivity contribution in [3.05, 3.63) is 35.9 Å². The van der Waals surface area contributed by atoms with E-state index in [1.807, 2.05) is 30.3 Å². The van der Waals surface area contributed by atoms with Crippen LogP contribution in [0.1, 0.15) is 12.0 Å². The molecule has 0 saturated heterocycles. The number of hydrogen-bond donors (Lipinski definition) is 3. The number of nitrogens with one attached hydrogen (secondary N) is 2. The zero-order valence-electron chi connectivity index (χ0n) is 12.4. The molecule has 130 valence electrons. The Labute approximate surface area is 134 Å². The monoisotopic (exact) mass is 349 g/mol. The van der Waals surface area contributed by atoms with Gasteiger partial charge in [-0.2, -0.15) is 0 Å². The quantitative estimate of drug-likeness (QED) is 0.286. The summed E-state index contributed by atoms with van der Waals surface area (Å²) >= 11 is 0. The molecule has 0 saturated carbocycles. The fourth-order valence-electron chi connectivity index (χ4n) is 1.56. The van der Waals surface area contributed by atoms with Crippen molar-refractivity contribution < 1.29 is 31.8 Å². The van der Waals surface area contributed by atoms with Crippen LogP contribution < -0.4 is 10.6 Å². The number of benzene rings is 1. The second-order valence-corrected chi connectivity index (χ2v) is 5.67. The standard InChI is InChI=1S/C13H20N2O7S/c16-12(14-8-9-22-23(18,19)20)6-7-15-13(17)21-10-11-4-2-1-3-5-11/h1-5,12,14,16H,6-10H2,(H,15,17)(H,18,19,20)/p+1. The van der Waals surface area contributed by atoms with E-state index in [1.165, 1.54) is 0 Å². The Morgan fingerprint density at radius 2 is 1.96 bits per heavy atom. The van der Waals surface area contributed by atoms with Crippen LogP contribution >= 0.6 is 0 Å². The van der Waals surface area contributed by atoms with Crippen molar-refractivity contribution in [2.24, 2.45) is 0 Å². The summed E-state index contributed by atoms with van der Waals surface area (Å²) < 4.78 is 36.4. The van der Waals surface area contributed by atoms with E-state index in [-0.39, 0.29) is 32.7 Å². The summed E-state index contributed by atoms with van der Waals surface area (Å²) in [5, 5.41) is 14.6. The molecule has 0 aromatic heterocycles. The lowest BCUT2D eigenvalue weighted by Gasteiger charge is -2.12. The minimum absolute atomic E-state index is 0.0533. The largest absolute Gasteiger partial charge is 0.528 e. The fraction of sp³-hybridized carbons (Fsp3) is 0.462. The van der Waals surface area contributed by atoms with E-state index in [9.17, 15) is 18.3 Å². The number of rotatable bonds is 10. The van der Waals surface area contributed by atoms with E-state index in [1.54, 1.807) is 0 Å². The zero-order chi connectivity index (χ0) is 17.1. The average molecular weight is 349 g/mol. The Hall–Kier alpha value is -1.72. The number of hydrogen-bond acceptors (Lipinski definition) is 7. The van der Waals surface area contributed by atoms with Crippen LogP contribution in [0.2, 0.25) is 0 Å². The van der Waals surface area contributed by atoms with Crippen molar-refractivity contribution in [3.8, 4) is 0 Å². The molecule has 1 rings (SSSR count). The first-order chi connectivity index (χ1) is 10.9. The Kier molecular flexibility index (Phi) is 8.51. The molecule has 23 heavy (non-hydrogen) atoms. The molecule has 0 aliphatic rings. The molecule has 5 N–H and O–H groups in total. The molecule has 0 heterocycles. The molecule has 10 heteroatoms. The molecule has 9 nitrogen and oxygen atoms in total. The highest BCUT2D eigenvalue weighted by Crippen LogP contribution is 2.00. The number of aliphatic hydroxyl groups is 1. The zero-order valence-corrected chi connectivity index (χ0v) is 13.2. The fourth-order valence-corrected chi connectivity index (χ4v) is 1.87. The molecular weight excluding hydrogens is 328 g/mol. The van der Waals surface area contributed by atoms with Crippen LogP contribution in [0, 0.1) is 0 Å². The lowest BCUT2D eigenvalue weighted by atomic mass is 10.2. The molecule has 0 fully saturated rings. The number of aliphatic hydroxyl groups excluding tert-OH is 1. The van der Waals surface area contributed by atoms with Crippen LogP contribution in [0.15, 0.2) is 30.3 Å². The smallest absolute Gasteiger partial charge is 0.445 e. The number of carbonyl (C=O) groups excluding carboxylic acids is 1. The van der Waals surface area contributed by atoms with Crippen LogP contribution in [0.25, 0.3) is 0 Å². The molecule has 0 spiro atoms. The number of ether oxygens (including phenoxy) is 1. The van der Waals surface area contributed by atoms with E-state index in [0.29, 0.717) is 0 Å². The van der Waals surface area contributed by atoms with Gasteiger partial charge < -0.3 is 19.7 Å². The molecule has 0 aliphatic heterocycles. The molecule has 0 bridgehead atoms. The third-order valence-electron chi connectivity index (χ3n) is 2.62. The second kappa shape index (κ2) is 10.1. The molecule has 1 aromatic rings. The van der Waals surface area contributed by atoms with E-state index >= 15 is 0 Å². The van der Waals surface area contributed by atoms with Gasteiger partial charge in [0.05, 0.1) is 6.61 Å². The lowest BCUT2D eigenvalue weighted by Crippen LogP contribution is -2.36. The number of alkyl carbamates (subject to hydrolysis) is 1. The Balaban J connectivity index is 2.05. The minimum atomic E-state index is -4.22. The summed E-state index contributed by atoms with van der Waals surface area (Å²) in [6, 6.07) is 9.21. The number of amides is 1. The van der Waals surface area contributed by atoms with Crippen molar-refractivity contribution in [1.82, 2.24) is 10.6 Å². The molecular formula is C13H21N2O7S+. The van der Waals surface area contributed by atoms with Crippen molar-refractivity contribution >= 4 is 16.5 Å². The van der Waals surface area contributed by atoms with Crippen LogP contribution in [0.5, 0.6) is 0 Å². The van der Waals surface area contributed by atoms with Crippen LogP contribution in [0.3, 0.4) is 0 Å². The van der Waals surface area contributed by atoms with Gasteiger partial charge in [0.15, 0.2) is 0 Å². The van der Waals surface area contributed by atoms with E-state index in [0.717, 1.165) is 5.56 Å². The summed E-state index contributed by atoms with van der Waals surface area (Å²) in [7, 11) is -4.22. The van der Waals surface area contributed by atoms with Crippen LogP contribution in [-0.4, -0.2) is 50.1 Å². The van der Waals surface area contributed by atoms with E-state index in [2.05, 4.69) is 14.8 Å². The highest BCUT2D eigenvalue weighted by Gasteiger charge is 2.10. The van der Waals surface area contributed by atoms with Crippen molar-refractivity contribution in [1.29, 1.82) is 0 Å². The summed E-state index contributed by atoms with van der Waals surface area (Å²) in [5.74, 6) is 0. The van der Waals surface area contributed by atoms with Crippen molar-refractivity contribution in [2.75, 3.05) is 19.7 Å². The first kappa shape index (κ1) is 19.3. The molecule has 1 unspecified atom stereocenters. The first-order valence-corrected chi connectivity index (χ1v) is 8.27. The maximum atomic E-state index is 11.4. The third-order valence-corrected chi connectivity index (χ3v) is 3.10. The van der Waals surface area contributed by atoms with Gasteiger partial charge in [-0.25, -0.2) is 8.98 Å². The van der Waals surface area contributed by atoms with Crippen molar-refractivity contribution in [2.45, 2.75) is 19.3 Å². The van der Waals surface area contributed by atoms with Gasteiger partial charge >= 0.3 is 16.5 Å². The maximum Gasteiger partial charge on any atom is 0.528 e. The van der Waals surface area contributed by atoms with Gasteiger partial charge in [0.25, 0.3) is 0 Å². The predicted octanol–water partition coefficient (Wildman–Crippen LogP) is -0.803. The normalized spacial score (nSPS) is 12.6. The van der Waals surface area contributed by atoms with Crippen molar-refractivity contribution in [3.63, 3.8) is 0 Å². The molecule has 0 aliphatic carbocycles. The average Bonchev–Trinajstić information content (AvgIpc) is 2.50. The summed E-state index contributed by atoms with van der Waals surface area (Å²) in [4.78, 5) is 11.4. The minimum Gasteiger partial charge on any atom is -0.445 e. The third kappa shape index (κ3) is 10.6. The molecule has 1 atom stereocenters. The van der Waals surface area contributed by atoms with E-state index < -0.39 is 22.7 Å². The number of carbonyl (C=O) groups is 1. The van der Waals surface area contributed by atoms with Crippen LogP contribution in [0.4, 0.5) is 4.79 Å². The molecule has 1 aromatic carbocycles. The maximum absolute atomic E-state index is 11.4. The Morgan fingerprint density at radius 3 is 2.61 bits per heavy atom. The topological polar surface area (TPSA) is 137 Å². The summed E-state index contributed by atoms with van der Waals surface area (Å²) in [5.41, 5.74) is 0.869. The Morgan fingerprint density at radius 1 is 1.26 bits per heavy atom. The Bertz CT molecular complexity index is 565. The summed E-state index contributed by atoms with van der Waals surface area (Å²) in [6.07, 6.45) is -1.33. The predicted molar refractivity (Wildman–Crippen MR) is 81.7 cm³/mol. The van der Waals surface area contributed by atoms with Gasteiger partial charge in [0, 0.05) is 19.5 Å². The van der Waals surface area contributed by atoms with Crippen LogP contribution in [-0.2, 0) is 25.9 Å². The summed E-state index contributed by atoms with van der Waals surface area (Å²) in [6.45, 7) is 0.138. The highest BCUT2D eigenvalue weighted by atomic mass is 32.3. The van der Waals surface area contributed by atoms with Gasteiger partial charge in [-0.15, -0.1) is 8.42 Å². The van der Waals surface area contributed by atoms with Gasteiger partial charge in [-0.3, -0.25) is 5.32 Å². The van der Waals surface area contributed by atoms with E-state index in [4.69, 9.17) is 9.29 Å². The van der Waals surface area contributed by atoms with Gasteiger partial charge in [0.2, 0.25) is 0 Å². The van der Waals surface area contributed by atoms with Gasteiger partial charge in [-0.05, 0) is 5.56 Å². The highest BCUT2D eigenvalue weighted by molar-refractivity contribution is 7.80. The van der Waals surface area contributed by atoms with Gasteiger partial charge in [-0.1, -0.05) is 30.3 Å². The van der Waals surface area contributed by atoms with Gasteiger partial charge in [0.1, 0.15) is 12.8 Å². The molecule has 1 amide bonds. The first-order valence-electron chi connectivity index (χ1n) is 6.87. The SMILES string of the molecule is O=C(NCCC(O)NCCOS(=O)(=O)[OH2+])OCc1ccccc1. The molecule has 0 radical (unpaired) electrons.